The van der Waals surface area contributed by atoms with Gasteiger partial charge in [0, 0.05) is 12.3 Å². The summed E-state index contributed by atoms with van der Waals surface area (Å²) in [5.74, 6) is -1.13. The van der Waals surface area contributed by atoms with E-state index in [0.29, 0.717) is 11.4 Å². The molecule has 0 aliphatic carbocycles. The predicted octanol–water partition coefficient (Wildman–Crippen LogP) is -0.308. The van der Waals surface area contributed by atoms with E-state index in [4.69, 9.17) is 0 Å². The van der Waals surface area contributed by atoms with Crippen LogP contribution in [-0.2, 0) is 16.1 Å². The molecular weight excluding hydrogens is 352 g/mol. The molecule has 2 amide bonds. The first kappa shape index (κ1) is 18.7. The Hall–Kier alpha value is -3.04. The second-order valence-electron chi connectivity index (χ2n) is 6.78. The highest BCUT2D eigenvalue weighted by Crippen LogP contribution is 2.38. The lowest BCUT2D eigenvalue weighted by atomic mass is 10.1. The van der Waals surface area contributed by atoms with E-state index in [1.54, 1.807) is 18.2 Å². The predicted molar refractivity (Wildman–Crippen MR) is 97.3 cm³/mol. The summed E-state index contributed by atoms with van der Waals surface area (Å²) in [7, 11) is 0. The molecule has 0 radical (unpaired) electrons. The molecule has 9 nitrogen and oxygen atoms in total. The zero-order valence-electron chi connectivity index (χ0n) is 15.0. The van der Waals surface area contributed by atoms with Crippen molar-refractivity contribution in [3.63, 3.8) is 0 Å². The molecule has 0 saturated heterocycles. The maximum atomic E-state index is 12.6. The molecule has 2 heterocycles. The topological polar surface area (TPSA) is 116 Å². The van der Waals surface area contributed by atoms with Gasteiger partial charge in [-0.05, 0) is 31.5 Å². The smallest absolute Gasteiger partial charge is 0.259 e. The molecule has 0 unspecified atom stereocenters. The van der Waals surface area contributed by atoms with Crippen LogP contribution in [0.5, 0.6) is 0 Å². The van der Waals surface area contributed by atoms with E-state index in [1.165, 1.54) is 46.8 Å². The summed E-state index contributed by atoms with van der Waals surface area (Å²) in [6.07, 6.45) is 2.82. The van der Waals surface area contributed by atoms with Gasteiger partial charge in [-0.15, -0.1) is 0 Å². The van der Waals surface area contributed by atoms with Gasteiger partial charge in [-0.3, -0.25) is 28.8 Å². The van der Waals surface area contributed by atoms with Crippen LogP contribution in [0.4, 0.5) is 11.4 Å². The van der Waals surface area contributed by atoms with Crippen molar-refractivity contribution in [1.29, 1.82) is 0 Å². The number of rotatable bonds is 4. The van der Waals surface area contributed by atoms with Crippen molar-refractivity contribution >= 4 is 23.2 Å². The fourth-order valence-corrected chi connectivity index (χ4v) is 2.90. The van der Waals surface area contributed by atoms with Crippen LogP contribution in [0, 0.1) is 0 Å². The van der Waals surface area contributed by atoms with E-state index in [0.717, 1.165) is 5.56 Å². The van der Waals surface area contributed by atoms with Crippen molar-refractivity contribution in [3.05, 3.63) is 52.7 Å². The van der Waals surface area contributed by atoms with E-state index in [2.05, 4.69) is 4.98 Å². The fourth-order valence-electron chi connectivity index (χ4n) is 2.90. The molecule has 0 saturated carbocycles. The van der Waals surface area contributed by atoms with Crippen LogP contribution in [0.2, 0.25) is 0 Å². The normalized spacial score (nSPS) is 13.6. The van der Waals surface area contributed by atoms with Crippen LogP contribution in [0.15, 0.2) is 41.6 Å². The summed E-state index contributed by atoms with van der Waals surface area (Å²) in [4.78, 5) is 43.0. The van der Waals surface area contributed by atoms with Crippen LogP contribution in [0.25, 0.3) is 0 Å². The molecule has 1 aromatic carbocycles. The minimum atomic E-state index is -1.63. The Morgan fingerprint density at radius 2 is 1.93 bits per heavy atom. The number of carbonyl (C=O) groups excluding carboxylic acids is 2. The largest absolute Gasteiger partial charge is 0.387 e. The van der Waals surface area contributed by atoms with Gasteiger partial charge in [0.05, 0.1) is 24.2 Å². The summed E-state index contributed by atoms with van der Waals surface area (Å²) < 4.78 is 1.41. The first-order valence-corrected chi connectivity index (χ1v) is 8.31. The van der Waals surface area contributed by atoms with Crippen molar-refractivity contribution in [2.24, 2.45) is 0 Å². The zero-order chi connectivity index (χ0) is 19.8. The van der Waals surface area contributed by atoms with Gasteiger partial charge in [-0.25, -0.2) is 4.98 Å². The molecule has 1 aliphatic heterocycles. The third kappa shape index (κ3) is 3.60. The number of aliphatic hydroxyl groups excluding tert-OH is 1. The van der Waals surface area contributed by atoms with E-state index in [-0.39, 0.29) is 18.8 Å². The monoisotopic (exact) mass is 372 g/mol. The number of nitrogens with zero attached hydrogens (tertiary/aromatic N) is 4. The number of aliphatic hydroxyl groups is 2. The number of hydrogen-bond acceptors (Lipinski definition) is 6. The molecule has 9 heteroatoms. The second-order valence-corrected chi connectivity index (χ2v) is 6.78. The maximum Gasteiger partial charge on any atom is 0.259 e. The maximum absolute atomic E-state index is 12.6. The van der Waals surface area contributed by atoms with E-state index in [1.807, 2.05) is 0 Å². The third-order valence-corrected chi connectivity index (χ3v) is 4.25. The van der Waals surface area contributed by atoms with E-state index >= 15 is 0 Å². The van der Waals surface area contributed by atoms with Crippen molar-refractivity contribution in [2.75, 3.05) is 23.1 Å². The molecule has 2 N–H and O–H groups in total. The molecule has 27 heavy (non-hydrogen) atoms. The Labute approximate surface area is 155 Å². The van der Waals surface area contributed by atoms with Gasteiger partial charge < -0.3 is 10.2 Å². The highest BCUT2D eigenvalue weighted by Gasteiger charge is 2.38. The van der Waals surface area contributed by atoms with E-state index < -0.39 is 24.0 Å². The molecule has 0 bridgehead atoms. The quantitative estimate of drug-likeness (QED) is 0.761. The summed E-state index contributed by atoms with van der Waals surface area (Å²) in [6.45, 7) is 2.16. The highest BCUT2D eigenvalue weighted by atomic mass is 16.3. The fraction of sp³-hybridized carbons (Fsp3) is 0.333. The van der Waals surface area contributed by atoms with Gasteiger partial charge in [-0.1, -0.05) is 6.07 Å². The van der Waals surface area contributed by atoms with Crippen LogP contribution in [0.1, 0.15) is 19.4 Å². The number of hydrogen-bond donors (Lipinski definition) is 2. The first-order chi connectivity index (χ1) is 12.7. The van der Waals surface area contributed by atoms with Crippen molar-refractivity contribution in [1.82, 2.24) is 9.55 Å². The van der Waals surface area contributed by atoms with Gasteiger partial charge >= 0.3 is 0 Å². The number of amides is 2. The van der Waals surface area contributed by atoms with Gasteiger partial charge in [0.1, 0.15) is 18.9 Å². The molecule has 142 valence electrons. The Balaban J connectivity index is 2.02. The summed E-state index contributed by atoms with van der Waals surface area (Å²) in [5.41, 5.74) is -0.249. The van der Waals surface area contributed by atoms with Crippen LogP contribution in [0.3, 0.4) is 0 Å². The van der Waals surface area contributed by atoms with Crippen molar-refractivity contribution in [3.8, 4) is 0 Å². The number of anilines is 2. The van der Waals surface area contributed by atoms with Gasteiger partial charge in [-0.2, -0.15) is 0 Å². The molecule has 0 atom stereocenters. The second kappa shape index (κ2) is 6.93. The number of carbonyl (C=O) groups is 2. The minimum absolute atomic E-state index is 0.103. The molecule has 2 aromatic rings. The van der Waals surface area contributed by atoms with Crippen molar-refractivity contribution in [2.45, 2.75) is 26.0 Å². The first-order valence-electron chi connectivity index (χ1n) is 8.31. The van der Waals surface area contributed by atoms with Crippen molar-refractivity contribution < 1.29 is 19.8 Å². The van der Waals surface area contributed by atoms with Gasteiger partial charge in [0.15, 0.2) is 0 Å². The SMILES string of the molecule is CC(C)(O)C(=O)N1CN(C(=O)CO)c2ccc(Cn3cnccc3=O)cc21. The number of aromatic nitrogens is 2. The third-order valence-electron chi connectivity index (χ3n) is 4.25. The molecule has 0 fully saturated rings. The Kier molecular flexibility index (Phi) is 4.81. The summed E-state index contributed by atoms with van der Waals surface area (Å²) in [5, 5.41) is 19.3. The van der Waals surface area contributed by atoms with Crippen LogP contribution in [-0.4, -0.2) is 50.5 Å². The molecule has 1 aliphatic rings. The average Bonchev–Trinajstić information content (AvgIpc) is 3.00. The van der Waals surface area contributed by atoms with Gasteiger partial charge in [0.25, 0.3) is 17.4 Å². The standard InChI is InChI=1S/C18H20N4O5/c1-18(2,27)17(26)22-11-21(16(25)9-23)13-4-3-12(7-14(13)22)8-20-10-19-6-5-15(20)24/h3-7,10,23,27H,8-9,11H2,1-2H3. The Bertz CT molecular complexity index is 947. The molecule has 0 spiro atoms. The minimum Gasteiger partial charge on any atom is -0.387 e. The lowest BCUT2D eigenvalue weighted by molar-refractivity contribution is -0.133. The highest BCUT2D eigenvalue weighted by molar-refractivity contribution is 6.09. The van der Waals surface area contributed by atoms with Crippen LogP contribution >= 0.6 is 0 Å². The van der Waals surface area contributed by atoms with Crippen LogP contribution < -0.4 is 15.4 Å². The summed E-state index contributed by atoms with van der Waals surface area (Å²) in [6, 6.07) is 6.41. The Morgan fingerprint density at radius 3 is 2.56 bits per heavy atom. The molecular formula is C18H20N4O5. The zero-order valence-corrected chi connectivity index (χ0v) is 15.0. The molecule has 3 rings (SSSR count). The number of benzene rings is 1. The Morgan fingerprint density at radius 1 is 1.19 bits per heavy atom. The lowest BCUT2D eigenvalue weighted by Crippen LogP contribution is -2.47. The molecule has 1 aromatic heterocycles. The van der Waals surface area contributed by atoms with E-state index in [9.17, 15) is 24.6 Å². The number of fused-ring (bicyclic) bond motifs is 1. The van der Waals surface area contributed by atoms with Gasteiger partial charge in [0.2, 0.25) is 0 Å². The lowest BCUT2D eigenvalue weighted by Gasteiger charge is -2.25. The average molecular weight is 372 g/mol. The summed E-state index contributed by atoms with van der Waals surface area (Å²) >= 11 is 0.